The molecule has 1 aliphatic heterocycles. The average Bonchev–Trinajstić information content (AvgIpc) is 3.25. The molecule has 0 radical (unpaired) electrons. The summed E-state index contributed by atoms with van der Waals surface area (Å²) in [5, 5.41) is 7.01. The Kier molecular flexibility index (Phi) is 4.37. The fraction of sp³-hybridized carbons (Fsp3) is 0.438. The van der Waals surface area contributed by atoms with Gasteiger partial charge in [0.2, 0.25) is 5.91 Å². The maximum atomic E-state index is 12.1. The Labute approximate surface area is 130 Å². The number of anilines is 1. The van der Waals surface area contributed by atoms with Crippen molar-refractivity contribution in [2.24, 2.45) is 0 Å². The molecular weight excluding hydrogens is 278 g/mol. The van der Waals surface area contributed by atoms with Crippen LogP contribution in [0.15, 0.2) is 36.8 Å². The van der Waals surface area contributed by atoms with Crippen LogP contribution in [0.4, 0.5) is 5.82 Å². The van der Waals surface area contributed by atoms with Gasteiger partial charge in [0.15, 0.2) is 0 Å². The van der Waals surface area contributed by atoms with Gasteiger partial charge in [-0.15, -0.1) is 0 Å². The predicted octanol–water partition coefficient (Wildman–Crippen LogP) is 1.76. The van der Waals surface area contributed by atoms with E-state index in [1.54, 1.807) is 17.1 Å². The third-order valence-electron chi connectivity index (χ3n) is 4.01. The van der Waals surface area contributed by atoms with Crippen LogP contribution in [0.5, 0.6) is 0 Å². The first-order valence-corrected chi connectivity index (χ1v) is 7.71. The fourth-order valence-electron chi connectivity index (χ4n) is 2.62. The van der Waals surface area contributed by atoms with Crippen molar-refractivity contribution < 1.29 is 4.79 Å². The van der Waals surface area contributed by atoms with Crippen molar-refractivity contribution in [1.82, 2.24) is 20.1 Å². The highest BCUT2D eigenvalue weighted by molar-refractivity contribution is 5.79. The molecule has 1 amide bonds. The van der Waals surface area contributed by atoms with Gasteiger partial charge in [0.05, 0.1) is 0 Å². The summed E-state index contributed by atoms with van der Waals surface area (Å²) >= 11 is 0. The van der Waals surface area contributed by atoms with Gasteiger partial charge in [-0.2, -0.15) is 5.10 Å². The van der Waals surface area contributed by atoms with Crippen molar-refractivity contribution in [2.75, 3.05) is 18.0 Å². The lowest BCUT2D eigenvalue weighted by Crippen LogP contribution is -2.30. The molecule has 6 nitrogen and oxygen atoms in total. The second kappa shape index (κ2) is 6.60. The number of carbonyl (C=O) groups is 1. The summed E-state index contributed by atoms with van der Waals surface area (Å²) in [6.45, 7) is 4.49. The van der Waals surface area contributed by atoms with Gasteiger partial charge in [0, 0.05) is 38.2 Å². The van der Waals surface area contributed by atoms with Gasteiger partial charge in [-0.25, -0.2) is 4.98 Å². The smallest absolute Gasteiger partial charge is 0.244 e. The molecule has 1 fully saturated rings. The molecule has 0 saturated carbocycles. The van der Waals surface area contributed by atoms with Crippen molar-refractivity contribution in [3.63, 3.8) is 0 Å². The molecule has 0 unspecified atom stereocenters. The van der Waals surface area contributed by atoms with E-state index < -0.39 is 0 Å². The van der Waals surface area contributed by atoms with Gasteiger partial charge in [-0.05, 0) is 37.5 Å². The second-order valence-corrected chi connectivity index (χ2v) is 5.60. The first-order chi connectivity index (χ1) is 10.7. The van der Waals surface area contributed by atoms with Crippen LogP contribution in [0, 0.1) is 0 Å². The summed E-state index contributed by atoms with van der Waals surface area (Å²) in [6, 6.07) is 5.56. The first-order valence-electron chi connectivity index (χ1n) is 7.71. The molecule has 22 heavy (non-hydrogen) atoms. The van der Waals surface area contributed by atoms with Crippen LogP contribution in [-0.4, -0.2) is 33.8 Å². The standard InChI is InChI=1S/C16H21N5O/c1-13(21-10-4-7-19-21)16(22)18-12-14-5-6-15(17-11-14)20-8-2-3-9-20/h4-7,10-11,13H,2-3,8-9,12H2,1H3,(H,18,22)/t13-/m0/s1. The third-order valence-corrected chi connectivity index (χ3v) is 4.01. The van der Waals surface area contributed by atoms with Gasteiger partial charge in [0.25, 0.3) is 0 Å². The minimum absolute atomic E-state index is 0.0488. The van der Waals surface area contributed by atoms with Crippen LogP contribution < -0.4 is 10.2 Å². The molecule has 0 bridgehead atoms. The SMILES string of the molecule is C[C@@H](C(=O)NCc1ccc(N2CCCC2)nc1)n1cccn1. The van der Waals surface area contributed by atoms with Crippen LogP contribution in [-0.2, 0) is 11.3 Å². The molecule has 1 atom stereocenters. The molecule has 1 aliphatic rings. The maximum Gasteiger partial charge on any atom is 0.244 e. The van der Waals surface area contributed by atoms with Gasteiger partial charge in [0.1, 0.15) is 11.9 Å². The number of rotatable bonds is 5. The predicted molar refractivity (Wildman–Crippen MR) is 84.5 cm³/mol. The molecule has 116 valence electrons. The lowest BCUT2D eigenvalue weighted by atomic mass is 10.2. The molecule has 3 heterocycles. The van der Waals surface area contributed by atoms with E-state index in [9.17, 15) is 4.79 Å². The van der Waals surface area contributed by atoms with Crippen LogP contribution in [0.2, 0.25) is 0 Å². The Balaban J connectivity index is 1.53. The van der Waals surface area contributed by atoms with Crippen molar-refractivity contribution in [2.45, 2.75) is 32.4 Å². The van der Waals surface area contributed by atoms with Crippen molar-refractivity contribution >= 4 is 11.7 Å². The Morgan fingerprint density at radius 2 is 2.18 bits per heavy atom. The molecule has 2 aromatic rings. The average molecular weight is 299 g/mol. The number of hydrogen-bond acceptors (Lipinski definition) is 4. The topological polar surface area (TPSA) is 63.1 Å². The van der Waals surface area contributed by atoms with Crippen molar-refractivity contribution in [3.8, 4) is 0 Å². The Morgan fingerprint density at radius 1 is 1.36 bits per heavy atom. The lowest BCUT2D eigenvalue weighted by Gasteiger charge is -2.16. The van der Waals surface area contributed by atoms with E-state index in [2.05, 4.69) is 20.3 Å². The molecule has 0 aliphatic carbocycles. The van der Waals surface area contributed by atoms with E-state index in [-0.39, 0.29) is 11.9 Å². The highest BCUT2D eigenvalue weighted by Gasteiger charge is 2.15. The van der Waals surface area contributed by atoms with E-state index >= 15 is 0 Å². The number of pyridine rings is 1. The normalized spacial score (nSPS) is 15.8. The molecule has 1 saturated heterocycles. The largest absolute Gasteiger partial charge is 0.357 e. The first kappa shape index (κ1) is 14.6. The summed E-state index contributed by atoms with van der Waals surface area (Å²) in [5.41, 5.74) is 1.00. The summed E-state index contributed by atoms with van der Waals surface area (Å²) in [7, 11) is 0. The summed E-state index contributed by atoms with van der Waals surface area (Å²) in [6.07, 6.45) is 7.78. The number of aromatic nitrogens is 3. The van der Waals surface area contributed by atoms with Gasteiger partial charge in [-0.1, -0.05) is 6.07 Å². The molecular formula is C16H21N5O. The summed E-state index contributed by atoms with van der Waals surface area (Å²) in [4.78, 5) is 18.9. The van der Waals surface area contributed by atoms with E-state index in [1.165, 1.54) is 12.8 Å². The second-order valence-electron chi connectivity index (χ2n) is 5.60. The third kappa shape index (κ3) is 3.27. The molecule has 6 heteroatoms. The van der Waals surface area contributed by atoms with Crippen molar-refractivity contribution in [1.29, 1.82) is 0 Å². The number of amides is 1. The highest BCUT2D eigenvalue weighted by Crippen LogP contribution is 2.17. The minimum atomic E-state index is -0.313. The quantitative estimate of drug-likeness (QED) is 0.913. The Hall–Kier alpha value is -2.37. The van der Waals surface area contributed by atoms with Crippen LogP contribution in [0.1, 0.15) is 31.4 Å². The number of nitrogens with zero attached hydrogens (tertiary/aromatic N) is 4. The van der Waals surface area contributed by atoms with Crippen molar-refractivity contribution in [3.05, 3.63) is 42.4 Å². The zero-order chi connectivity index (χ0) is 15.4. The number of nitrogens with one attached hydrogen (secondary N) is 1. The molecule has 1 N–H and O–H groups in total. The minimum Gasteiger partial charge on any atom is -0.357 e. The van der Waals surface area contributed by atoms with Crippen LogP contribution >= 0.6 is 0 Å². The Morgan fingerprint density at radius 3 is 2.82 bits per heavy atom. The van der Waals surface area contributed by atoms with Gasteiger partial charge >= 0.3 is 0 Å². The molecule has 2 aromatic heterocycles. The van der Waals surface area contributed by atoms with E-state index in [0.29, 0.717) is 6.54 Å². The van der Waals surface area contributed by atoms with Crippen LogP contribution in [0.3, 0.4) is 0 Å². The summed E-state index contributed by atoms with van der Waals surface area (Å²) in [5.74, 6) is 0.977. The molecule has 3 rings (SSSR count). The van der Waals surface area contributed by atoms with Gasteiger partial charge < -0.3 is 10.2 Å². The zero-order valence-electron chi connectivity index (χ0n) is 12.8. The molecule has 0 spiro atoms. The Bertz CT molecular complexity index is 602. The molecule has 0 aromatic carbocycles. The summed E-state index contributed by atoms with van der Waals surface area (Å²) < 4.78 is 1.64. The fourth-order valence-corrected chi connectivity index (χ4v) is 2.62. The number of hydrogen-bond donors (Lipinski definition) is 1. The van der Waals surface area contributed by atoms with E-state index in [1.807, 2.05) is 31.3 Å². The lowest BCUT2D eigenvalue weighted by molar-refractivity contribution is -0.124. The van der Waals surface area contributed by atoms with E-state index in [4.69, 9.17) is 0 Å². The van der Waals surface area contributed by atoms with E-state index in [0.717, 1.165) is 24.5 Å². The monoisotopic (exact) mass is 299 g/mol. The van der Waals surface area contributed by atoms with Gasteiger partial charge in [-0.3, -0.25) is 9.48 Å². The van der Waals surface area contributed by atoms with Crippen LogP contribution in [0.25, 0.3) is 0 Å². The zero-order valence-corrected chi connectivity index (χ0v) is 12.8. The maximum absolute atomic E-state index is 12.1. The highest BCUT2D eigenvalue weighted by atomic mass is 16.2. The number of carbonyl (C=O) groups excluding carboxylic acids is 1.